The van der Waals surface area contributed by atoms with E-state index in [1.165, 1.54) is 7.11 Å². The molecule has 0 bridgehead atoms. The lowest BCUT2D eigenvalue weighted by atomic mass is 10.2. The van der Waals surface area contributed by atoms with E-state index >= 15 is 0 Å². The number of furan rings is 1. The molecule has 2 heterocycles. The third-order valence-electron chi connectivity index (χ3n) is 2.36. The van der Waals surface area contributed by atoms with Gasteiger partial charge in [-0.05, 0) is 19.0 Å². The van der Waals surface area contributed by atoms with Gasteiger partial charge in [0.2, 0.25) is 5.76 Å². The fourth-order valence-electron chi connectivity index (χ4n) is 1.63. The summed E-state index contributed by atoms with van der Waals surface area (Å²) in [4.78, 5) is 11.2. The minimum atomic E-state index is -0.405. The van der Waals surface area contributed by atoms with Crippen LogP contribution in [0, 0.1) is 0 Å². The van der Waals surface area contributed by atoms with Crippen LogP contribution in [-0.2, 0) is 17.7 Å². The lowest BCUT2D eigenvalue weighted by Gasteiger charge is -1.95. The summed E-state index contributed by atoms with van der Waals surface area (Å²) in [6, 6.07) is 1.76. The van der Waals surface area contributed by atoms with Gasteiger partial charge in [-0.25, -0.2) is 4.79 Å². The number of esters is 1. The zero-order valence-corrected chi connectivity index (χ0v) is 8.13. The van der Waals surface area contributed by atoms with E-state index in [4.69, 9.17) is 4.42 Å². The van der Waals surface area contributed by atoms with Crippen LogP contribution in [0.4, 0.5) is 0 Å². The summed E-state index contributed by atoms with van der Waals surface area (Å²) < 4.78 is 10.0. The van der Waals surface area contributed by atoms with Crippen molar-refractivity contribution in [2.45, 2.75) is 19.4 Å². The Hall–Kier alpha value is -1.29. The second-order valence-electron chi connectivity index (χ2n) is 3.33. The molecular weight excluding hydrogens is 182 g/mol. The summed E-state index contributed by atoms with van der Waals surface area (Å²) >= 11 is 0. The van der Waals surface area contributed by atoms with E-state index in [1.807, 2.05) is 0 Å². The fourth-order valence-corrected chi connectivity index (χ4v) is 1.63. The Labute approximate surface area is 82.2 Å². The van der Waals surface area contributed by atoms with Crippen LogP contribution < -0.4 is 5.32 Å². The molecule has 1 aromatic rings. The number of hydrogen-bond donors (Lipinski definition) is 1. The molecule has 0 unspecified atom stereocenters. The molecule has 0 saturated carbocycles. The number of carbonyl (C=O) groups is 1. The highest BCUT2D eigenvalue weighted by molar-refractivity contribution is 5.86. The van der Waals surface area contributed by atoms with Gasteiger partial charge >= 0.3 is 5.97 Å². The van der Waals surface area contributed by atoms with Crippen molar-refractivity contribution in [2.75, 3.05) is 13.7 Å². The molecule has 76 valence electrons. The van der Waals surface area contributed by atoms with Gasteiger partial charge in [-0.15, -0.1) is 0 Å². The highest BCUT2D eigenvalue weighted by atomic mass is 16.5. The first-order valence-corrected chi connectivity index (χ1v) is 4.72. The van der Waals surface area contributed by atoms with E-state index in [9.17, 15) is 4.79 Å². The van der Waals surface area contributed by atoms with Crippen molar-refractivity contribution in [3.63, 3.8) is 0 Å². The van der Waals surface area contributed by atoms with Crippen LogP contribution in [0.15, 0.2) is 10.5 Å². The zero-order chi connectivity index (χ0) is 9.97. The van der Waals surface area contributed by atoms with Gasteiger partial charge in [-0.1, -0.05) is 0 Å². The summed E-state index contributed by atoms with van der Waals surface area (Å²) in [6.45, 7) is 1.77. The van der Waals surface area contributed by atoms with Gasteiger partial charge < -0.3 is 14.5 Å². The van der Waals surface area contributed by atoms with E-state index in [0.29, 0.717) is 5.76 Å². The SMILES string of the molecule is COC(=O)c1cc2c(o1)CCCNC2. The Morgan fingerprint density at radius 3 is 3.29 bits per heavy atom. The first kappa shape index (κ1) is 9.27. The van der Waals surface area contributed by atoms with E-state index in [0.717, 1.165) is 37.3 Å². The van der Waals surface area contributed by atoms with Crippen LogP contribution in [0.2, 0.25) is 0 Å². The third kappa shape index (κ3) is 1.65. The van der Waals surface area contributed by atoms with Crippen LogP contribution in [0.3, 0.4) is 0 Å². The number of hydrogen-bond acceptors (Lipinski definition) is 4. The van der Waals surface area contributed by atoms with Crippen molar-refractivity contribution < 1.29 is 13.9 Å². The monoisotopic (exact) mass is 195 g/mol. The quantitative estimate of drug-likeness (QED) is 0.682. The number of rotatable bonds is 1. The third-order valence-corrected chi connectivity index (χ3v) is 2.36. The second-order valence-corrected chi connectivity index (χ2v) is 3.33. The van der Waals surface area contributed by atoms with Crippen LogP contribution in [0.1, 0.15) is 28.3 Å². The molecular formula is C10H13NO3. The Balaban J connectivity index is 2.26. The van der Waals surface area contributed by atoms with Crippen LogP contribution in [0.5, 0.6) is 0 Å². The van der Waals surface area contributed by atoms with Gasteiger partial charge in [0.15, 0.2) is 0 Å². The summed E-state index contributed by atoms with van der Waals surface area (Å²) in [7, 11) is 1.36. The maximum Gasteiger partial charge on any atom is 0.373 e. The van der Waals surface area contributed by atoms with Gasteiger partial charge in [0, 0.05) is 18.5 Å². The lowest BCUT2D eigenvalue weighted by Crippen LogP contribution is -2.11. The van der Waals surface area contributed by atoms with Crippen LogP contribution in [0.25, 0.3) is 0 Å². The fraction of sp³-hybridized carbons (Fsp3) is 0.500. The van der Waals surface area contributed by atoms with Gasteiger partial charge in [0.25, 0.3) is 0 Å². The molecule has 0 fully saturated rings. The van der Waals surface area contributed by atoms with E-state index in [2.05, 4.69) is 10.1 Å². The maximum absolute atomic E-state index is 11.2. The number of fused-ring (bicyclic) bond motifs is 1. The molecule has 4 nitrogen and oxygen atoms in total. The predicted octanol–water partition coefficient (Wildman–Crippen LogP) is 1.10. The molecule has 1 aliphatic rings. The Morgan fingerprint density at radius 1 is 1.64 bits per heavy atom. The van der Waals surface area contributed by atoms with E-state index in [-0.39, 0.29) is 0 Å². The first-order chi connectivity index (χ1) is 6.81. The van der Waals surface area contributed by atoms with E-state index < -0.39 is 5.97 Å². The van der Waals surface area contributed by atoms with Crippen molar-refractivity contribution in [1.82, 2.24) is 5.32 Å². The predicted molar refractivity (Wildman–Crippen MR) is 50.1 cm³/mol. The molecule has 1 aliphatic heterocycles. The number of carbonyl (C=O) groups excluding carboxylic acids is 1. The Morgan fingerprint density at radius 2 is 2.50 bits per heavy atom. The average molecular weight is 195 g/mol. The van der Waals surface area contributed by atoms with Gasteiger partial charge in [0.05, 0.1) is 7.11 Å². The Kier molecular flexibility index (Phi) is 2.54. The maximum atomic E-state index is 11.2. The molecule has 0 spiro atoms. The van der Waals surface area contributed by atoms with Crippen molar-refractivity contribution in [3.05, 3.63) is 23.2 Å². The molecule has 14 heavy (non-hydrogen) atoms. The van der Waals surface area contributed by atoms with Crippen molar-refractivity contribution in [3.8, 4) is 0 Å². The largest absolute Gasteiger partial charge is 0.463 e. The number of methoxy groups -OCH3 is 1. The summed E-state index contributed by atoms with van der Waals surface area (Å²) in [5, 5.41) is 3.26. The molecule has 1 N–H and O–H groups in total. The van der Waals surface area contributed by atoms with Gasteiger partial charge in [-0.3, -0.25) is 0 Å². The van der Waals surface area contributed by atoms with Crippen molar-refractivity contribution in [2.24, 2.45) is 0 Å². The normalized spacial score (nSPS) is 15.8. The summed E-state index contributed by atoms with van der Waals surface area (Å²) in [5.74, 6) is 0.815. The first-order valence-electron chi connectivity index (χ1n) is 4.72. The zero-order valence-electron chi connectivity index (χ0n) is 8.13. The lowest BCUT2D eigenvalue weighted by molar-refractivity contribution is 0.0563. The average Bonchev–Trinajstić information content (AvgIpc) is 2.49. The number of ether oxygens (including phenoxy) is 1. The van der Waals surface area contributed by atoms with Crippen LogP contribution in [-0.4, -0.2) is 19.6 Å². The molecule has 0 radical (unpaired) electrons. The highest BCUT2D eigenvalue weighted by Gasteiger charge is 2.17. The molecule has 0 aliphatic carbocycles. The highest BCUT2D eigenvalue weighted by Crippen LogP contribution is 2.19. The summed E-state index contributed by atoms with van der Waals surface area (Å²) in [6.07, 6.45) is 1.93. The Bertz CT molecular complexity index is 320. The molecule has 1 aromatic heterocycles. The molecule has 4 heteroatoms. The standard InChI is InChI=1S/C10H13NO3/c1-13-10(12)9-5-7-6-11-4-2-3-8(7)14-9/h5,11H,2-4,6H2,1H3. The molecule has 0 atom stereocenters. The van der Waals surface area contributed by atoms with Gasteiger partial charge in [0.1, 0.15) is 5.76 Å². The molecule has 0 aromatic carbocycles. The van der Waals surface area contributed by atoms with Crippen molar-refractivity contribution in [1.29, 1.82) is 0 Å². The minimum absolute atomic E-state index is 0.307. The van der Waals surface area contributed by atoms with E-state index in [1.54, 1.807) is 6.07 Å². The molecule has 0 saturated heterocycles. The molecule has 0 amide bonds. The number of aryl methyl sites for hydroxylation is 1. The second kappa shape index (κ2) is 3.84. The number of nitrogens with one attached hydrogen (secondary N) is 1. The smallest absolute Gasteiger partial charge is 0.373 e. The minimum Gasteiger partial charge on any atom is -0.463 e. The van der Waals surface area contributed by atoms with Gasteiger partial charge in [-0.2, -0.15) is 0 Å². The van der Waals surface area contributed by atoms with Crippen molar-refractivity contribution >= 4 is 5.97 Å². The molecule has 2 rings (SSSR count). The topological polar surface area (TPSA) is 51.5 Å². The van der Waals surface area contributed by atoms with Crippen LogP contribution >= 0.6 is 0 Å². The summed E-state index contributed by atoms with van der Waals surface area (Å²) in [5.41, 5.74) is 1.07.